The maximum absolute atomic E-state index is 13.9. The summed E-state index contributed by atoms with van der Waals surface area (Å²) in [5.74, 6) is -6.77. The molecule has 10 nitrogen and oxygen atoms in total. The van der Waals surface area contributed by atoms with E-state index < -0.39 is 58.0 Å². The lowest BCUT2D eigenvalue weighted by Gasteiger charge is -2.50. The van der Waals surface area contributed by atoms with E-state index in [0.29, 0.717) is 11.1 Å². The first-order chi connectivity index (χ1) is 18.4. The number of nitrogens with two attached hydrogens (primary N) is 2. The van der Waals surface area contributed by atoms with Gasteiger partial charge in [-0.3, -0.25) is 19.3 Å². The lowest BCUT2D eigenvalue weighted by atomic mass is 9.58. The molecule has 0 aromatic heterocycles. The Hall–Kier alpha value is -4.41. The van der Waals surface area contributed by atoms with Crippen LogP contribution in [0.4, 0.5) is 0 Å². The quantitative estimate of drug-likeness (QED) is 0.319. The number of allylic oxidation sites excluding steroid dienone is 1. The third-order valence-electron chi connectivity index (χ3n) is 8.09. The number of aliphatic hydroxyl groups is 3. The highest BCUT2D eigenvalue weighted by Crippen LogP contribution is 2.53. The van der Waals surface area contributed by atoms with Crippen molar-refractivity contribution in [3.8, 4) is 16.9 Å². The summed E-state index contributed by atoms with van der Waals surface area (Å²) in [5.41, 5.74) is 10.1. The summed E-state index contributed by atoms with van der Waals surface area (Å²) in [7, 11) is 3.18. The minimum Gasteiger partial charge on any atom is -0.510 e. The second-order valence-electron chi connectivity index (χ2n) is 10.4. The third-order valence-corrected chi connectivity index (χ3v) is 8.09. The molecule has 3 aliphatic rings. The van der Waals surface area contributed by atoms with Crippen molar-refractivity contribution in [2.45, 2.75) is 24.5 Å². The second-order valence-corrected chi connectivity index (χ2v) is 10.4. The van der Waals surface area contributed by atoms with Gasteiger partial charge in [0.05, 0.1) is 11.6 Å². The topological polar surface area (TPSA) is 187 Å². The van der Waals surface area contributed by atoms with Gasteiger partial charge in [-0.2, -0.15) is 0 Å². The Balaban J connectivity index is 1.71. The number of fused-ring (bicyclic) bond motifs is 3. The molecule has 0 spiro atoms. The highest BCUT2D eigenvalue weighted by atomic mass is 16.3. The number of benzene rings is 2. The number of carbonyl (C=O) groups excluding carboxylic acids is 3. The molecule has 39 heavy (non-hydrogen) atoms. The standard InChI is InChI=1S/C29H29N3O7/c1-32(2)23-18-12-15-11-17-16(14-5-3-4-13(10-14)8-9-30)6-7-19(33)21(17)24(34)20(15)26(36)29(18,39)27(37)22(25(23)35)28(31)38/h3-10,15,18,23,33,35-36,39H,11-12,30H2,1-2H3,(H2,31,38)/b9-8+/t15-,18-,23-,29-/m0/s1. The smallest absolute Gasteiger partial charge is 0.255 e. The van der Waals surface area contributed by atoms with Crippen molar-refractivity contribution in [3.05, 3.63) is 82.0 Å². The van der Waals surface area contributed by atoms with Gasteiger partial charge in [0, 0.05) is 11.5 Å². The van der Waals surface area contributed by atoms with Crippen molar-refractivity contribution in [1.82, 2.24) is 4.90 Å². The lowest BCUT2D eigenvalue weighted by molar-refractivity contribution is -0.148. The lowest BCUT2D eigenvalue weighted by Crippen LogP contribution is -2.63. The summed E-state index contributed by atoms with van der Waals surface area (Å²) in [6.07, 6.45) is 3.37. The van der Waals surface area contributed by atoms with E-state index in [-0.39, 0.29) is 29.7 Å². The molecule has 5 rings (SSSR count). The van der Waals surface area contributed by atoms with Crippen LogP contribution in [-0.2, 0) is 16.0 Å². The minimum absolute atomic E-state index is 0.0246. The monoisotopic (exact) mass is 531 g/mol. The van der Waals surface area contributed by atoms with Crippen LogP contribution in [0.2, 0.25) is 0 Å². The fourth-order valence-corrected chi connectivity index (χ4v) is 6.44. The first-order valence-corrected chi connectivity index (χ1v) is 12.4. The van der Waals surface area contributed by atoms with Gasteiger partial charge in [0.2, 0.25) is 5.78 Å². The molecule has 2 aromatic carbocycles. The van der Waals surface area contributed by atoms with Crippen molar-refractivity contribution in [1.29, 1.82) is 0 Å². The van der Waals surface area contributed by atoms with Gasteiger partial charge in [0.25, 0.3) is 5.91 Å². The zero-order chi connectivity index (χ0) is 28.4. The van der Waals surface area contributed by atoms with Crippen LogP contribution in [-0.4, -0.2) is 68.5 Å². The number of aromatic hydroxyl groups is 1. The van der Waals surface area contributed by atoms with Gasteiger partial charge in [-0.25, -0.2) is 0 Å². The number of primary amides is 1. The van der Waals surface area contributed by atoms with E-state index in [1.807, 2.05) is 24.3 Å². The van der Waals surface area contributed by atoms with E-state index >= 15 is 0 Å². The molecular weight excluding hydrogens is 502 g/mol. The van der Waals surface area contributed by atoms with E-state index in [2.05, 4.69) is 0 Å². The summed E-state index contributed by atoms with van der Waals surface area (Å²) in [5, 5.41) is 44.7. The van der Waals surface area contributed by atoms with Gasteiger partial charge in [-0.15, -0.1) is 0 Å². The van der Waals surface area contributed by atoms with Crippen LogP contribution in [0, 0.1) is 11.8 Å². The van der Waals surface area contributed by atoms with Gasteiger partial charge < -0.3 is 31.9 Å². The number of phenolic OH excluding ortho intramolecular Hbond substituents is 1. The Morgan fingerprint density at radius 2 is 1.85 bits per heavy atom. The Morgan fingerprint density at radius 3 is 2.49 bits per heavy atom. The maximum Gasteiger partial charge on any atom is 0.255 e. The minimum atomic E-state index is -2.67. The van der Waals surface area contributed by atoms with Crippen LogP contribution in [0.3, 0.4) is 0 Å². The molecule has 8 N–H and O–H groups in total. The number of ketones is 2. The van der Waals surface area contributed by atoms with Gasteiger partial charge in [0.15, 0.2) is 11.4 Å². The molecule has 0 unspecified atom stereocenters. The first kappa shape index (κ1) is 26.2. The van der Waals surface area contributed by atoms with Crippen molar-refractivity contribution in [3.63, 3.8) is 0 Å². The number of amides is 1. The van der Waals surface area contributed by atoms with Gasteiger partial charge >= 0.3 is 0 Å². The van der Waals surface area contributed by atoms with E-state index in [1.54, 1.807) is 26.2 Å². The fraction of sp³-hybridized carbons (Fsp3) is 0.276. The summed E-state index contributed by atoms with van der Waals surface area (Å²) in [4.78, 5) is 40.9. The van der Waals surface area contributed by atoms with Crippen molar-refractivity contribution >= 4 is 23.5 Å². The largest absolute Gasteiger partial charge is 0.510 e. The highest BCUT2D eigenvalue weighted by Gasteiger charge is 2.63. The number of hydrogen-bond acceptors (Lipinski definition) is 9. The predicted octanol–water partition coefficient (Wildman–Crippen LogP) is 1.72. The molecule has 0 heterocycles. The molecular formula is C29H29N3O7. The Kier molecular flexibility index (Phi) is 6.12. The zero-order valence-electron chi connectivity index (χ0n) is 21.4. The van der Waals surface area contributed by atoms with Crippen LogP contribution in [0.5, 0.6) is 5.75 Å². The number of carbonyl (C=O) groups is 3. The van der Waals surface area contributed by atoms with E-state index in [4.69, 9.17) is 11.5 Å². The van der Waals surface area contributed by atoms with E-state index in [0.717, 1.165) is 11.1 Å². The number of rotatable bonds is 4. The van der Waals surface area contributed by atoms with Gasteiger partial charge in [-0.05, 0) is 79.5 Å². The molecule has 3 aliphatic carbocycles. The number of aliphatic hydroxyl groups excluding tert-OH is 2. The number of phenols is 1. The van der Waals surface area contributed by atoms with Crippen LogP contribution >= 0.6 is 0 Å². The molecule has 10 heteroatoms. The Labute approximate surface area is 224 Å². The summed E-state index contributed by atoms with van der Waals surface area (Å²) in [6, 6.07) is 9.51. The van der Waals surface area contributed by atoms with Gasteiger partial charge in [0.1, 0.15) is 22.8 Å². The first-order valence-electron chi connectivity index (χ1n) is 12.4. The van der Waals surface area contributed by atoms with E-state index in [9.17, 15) is 34.8 Å². The fourth-order valence-electron chi connectivity index (χ4n) is 6.44. The average molecular weight is 532 g/mol. The van der Waals surface area contributed by atoms with Gasteiger partial charge in [-0.1, -0.05) is 24.3 Å². The van der Waals surface area contributed by atoms with Crippen LogP contribution in [0.1, 0.15) is 27.9 Å². The molecule has 0 saturated heterocycles. The SMILES string of the molecule is CN(C)[C@@H]1C(O)=C(C(N)=O)C(=O)[C@@]2(O)C(O)=C3C(=O)c4c(O)ccc(-c5cccc(/C=C/N)c5)c4C[C@H]3C[C@@H]12. The molecule has 0 radical (unpaired) electrons. The summed E-state index contributed by atoms with van der Waals surface area (Å²) >= 11 is 0. The number of likely N-dealkylation sites (N-methyl/N-ethyl adjacent to an activating group) is 1. The molecule has 202 valence electrons. The number of nitrogens with zero attached hydrogens (tertiary/aromatic N) is 1. The zero-order valence-corrected chi connectivity index (χ0v) is 21.4. The maximum atomic E-state index is 13.9. The summed E-state index contributed by atoms with van der Waals surface area (Å²) < 4.78 is 0. The third kappa shape index (κ3) is 3.67. The molecule has 4 atom stereocenters. The molecule has 0 aliphatic heterocycles. The van der Waals surface area contributed by atoms with Crippen LogP contribution in [0.15, 0.2) is 65.3 Å². The Morgan fingerprint density at radius 1 is 1.13 bits per heavy atom. The predicted molar refractivity (Wildman–Crippen MR) is 142 cm³/mol. The van der Waals surface area contributed by atoms with Crippen LogP contribution in [0.25, 0.3) is 17.2 Å². The Bertz CT molecular complexity index is 1540. The molecule has 0 fully saturated rings. The normalized spacial score (nSPS) is 26.6. The van der Waals surface area contributed by atoms with E-state index in [1.165, 1.54) is 17.2 Å². The van der Waals surface area contributed by atoms with Crippen molar-refractivity contribution in [2.75, 3.05) is 14.1 Å². The van der Waals surface area contributed by atoms with Crippen molar-refractivity contribution < 1.29 is 34.8 Å². The number of hydrogen-bond donors (Lipinski definition) is 6. The molecule has 2 aromatic rings. The molecule has 1 amide bonds. The van der Waals surface area contributed by atoms with Crippen molar-refractivity contribution in [2.24, 2.45) is 23.3 Å². The average Bonchev–Trinajstić information content (AvgIpc) is 2.86. The second kappa shape index (κ2) is 9.11. The molecule has 0 saturated carbocycles. The van der Waals surface area contributed by atoms with Crippen LogP contribution < -0.4 is 11.5 Å². The highest BCUT2D eigenvalue weighted by molar-refractivity contribution is 6.24. The summed E-state index contributed by atoms with van der Waals surface area (Å²) in [6.45, 7) is 0. The number of Topliss-reactive ketones (excluding diaryl/α,β-unsaturated/α-hetero) is 2. The molecule has 0 bridgehead atoms.